The molecule has 0 bridgehead atoms. The molecule has 0 aliphatic rings. The van der Waals surface area contributed by atoms with Crippen LogP contribution in [0.2, 0.25) is 5.02 Å². The van der Waals surface area contributed by atoms with Crippen LogP contribution in [-0.4, -0.2) is 12.2 Å². The fraction of sp³-hybridized carbons (Fsp3) is 0.200. The Hall–Kier alpha value is -1.51. The van der Waals surface area contributed by atoms with Crippen molar-refractivity contribution < 1.29 is 5.11 Å². The molecule has 0 radical (unpaired) electrons. The molecule has 3 heteroatoms. The third-order valence-corrected chi connectivity index (χ3v) is 3.14. The van der Waals surface area contributed by atoms with E-state index < -0.39 is 0 Å². The first kappa shape index (κ1) is 12.9. The lowest BCUT2D eigenvalue weighted by molar-refractivity contribution is 0.282. The number of aliphatic hydroxyl groups excluding tert-OH is 1. The van der Waals surface area contributed by atoms with Gasteiger partial charge in [0, 0.05) is 24.3 Å². The molecule has 0 fully saturated rings. The van der Waals surface area contributed by atoms with Gasteiger partial charge in [0.1, 0.15) is 0 Å². The first-order valence-electron chi connectivity index (χ1n) is 5.84. The van der Waals surface area contributed by atoms with Gasteiger partial charge in [0.2, 0.25) is 0 Å². The van der Waals surface area contributed by atoms with Crippen molar-refractivity contribution in [3.05, 3.63) is 64.7 Å². The van der Waals surface area contributed by atoms with E-state index in [-0.39, 0.29) is 6.61 Å². The smallest absolute Gasteiger partial charge is 0.0681 e. The molecule has 0 amide bonds. The van der Waals surface area contributed by atoms with Crippen molar-refractivity contribution >= 4 is 17.3 Å². The number of nitrogens with zero attached hydrogens (tertiary/aromatic N) is 1. The van der Waals surface area contributed by atoms with Crippen molar-refractivity contribution in [1.82, 2.24) is 0 Å². The summed E-state index contributed by atoms with van der Waals surface area (Å²) in [5, 5.41) is 9.76. The highest BCUT2D eigenvalue weighted by atomic mass is 35.5. The molecule has 18 heavy (non-hydrogen) atoms. The monoisotopic (exact) mass is 261 g/mol. The maximum atomic E-state index is 9.00. The lowest BCUT2D eigenvalue weighted by atomic mass is 10.2. The average Bonchev–Trinajstić information content (AvgIpc) is 2.41. The van der Waals surface area contributed by atoms with Gasteiger partial charge in [-0.2, -0.15) is 0 Å². The molecule has 0 aromatic heterocycles. The van der Waals surface area contributed by atoms with E-state index in [1.165, 1.54) is 5.56 Å². The normalized spacial score (nSPS) is 10.4. The van der Waals surface area contributed by atoms with E-state index in [0.29, 0.717) is 0 Å². The Labute approximate surface area is 112 Å². The van der Waals surface area contributed by atoms with E-state index >= 15 is 0 Å². The maximum absolute atomic E-state index is 9.00. The maximum Gasteiger partial charge on any atom is 0.0681 e. The van der Waals surface area contributed by atoms with Gasteiger partial charge in [-0.1, -0.05) is 35.9 Å². The fourth-order valence-corrected chi connectivity index (χ4v) is 1.94. The summed E-state index contributed by atoms with van der Waals surface area (Å²) < 4.78 is 0. The van der Waals surface area contributed by atoms with E-state index in [0.717, 1.165) is 22.8 Å². The van der Waals surface area contributed by atoms with Gasteiger partial charge in [-0.15, -0.1) is 0 Å². The second kappa shape index (κ2) is 5.89. The van der Waals surface area contributed by atoms with E-state index in [1.54, 1.807) is 0 Å². The Morgan fingerprint density at radius 2 is 1.50 bits per heavy atom. The molecule has 2 nitrogen and oxygen atoms in total. The summed E-state index contributed by atoms with van der Waals surface area (Å²) in [6, 6.07) is 15.8. The summed E-state index contributed by atoms with van der Waals surface area (Å²) >= 11 is 5.86. The number of hydrogen-bond donors (Lipinski definition) is 1. The molecule has 0 unspecified atom stereocenters. The lowest BCUT2D eigenvalue weighted by Gasteiger charge is -2.19. The molecule has 0 heterocycles. The summed E-state index contributed by atoms with van der Waals surface area (Å²) in [5.74, 6) is 0. The molecule has 94 valence electrons. The van der Waals surface area contributed by atoms with Crippen LogP contribution in [0, 0.1) is 0 Å². The number of halogens is 1. The summed E-state index contributed by atoms with van der Waals surface area (Å²) in [4.78, 5) is 2.16. The summed E-state index contributed by atoms with van der Waals surface area (Å²) in [5.41, 5.74) is 3.27. The van der Waals surface area contributed by atoms with Gasteiger partial charge >= 0.3 is 0 Å². The summed E-state index contributed by atoms with van der Waals surface area (Å²) in [6.45, 7) is 0.914. The van der Waals surface area contributed by atoms with Crippen LogP contribution in [-0.2, 0) is 13.2 Å². The van der Waals surface area contributed by atoms with Gasteiger partial charge in [-0.05, 0) is 35.4 Å². The van der Waals surface area contributed by atoms with Gasteiger partial charge < -0.3 is 10.0 Å². The van der Waals surface area contributed by atoms with Crippen molar-refractivity contribution in [2.24, 2.45) is 0 Å². The van der Waals surface area contributed by atoms with Crippen molar-refractivity contribution in [3.63, 3.8) is 0 Å². The van der Waals surface area contributed by atoms with Crippen LogP contribution in [0.5, 0.6) is 0 Å². The zero-order valence-corrected chi connectivity index (χ0v) is 11.1. The minimum atomic E-state index is 0.0845. The first-order chi connectivity index (χ1) is 8.69. The standard InChI is InChI=1S/C15H16ClNO/c1-17(10-12-2-6-14(16)7-3-12)15-8-4-13(11-18)5-9-15/h2-9,18H,10-11H2,1H3. The minimum Gasteiger partial charge on any atom is -0.392 e. The Morgan fingerprint density at radius 1 is 0.944 bits per heavy atom. The second-order valence-electron chi connectivity index (χ2n) is 4.31. The van der Waals surface area contributed by atoms with Gasteiger partial charge in [0.05, 0.1) is 6.61 Å². The topological polar surface area (TPSA) is 23.5 Å². The van der Waals surface area contributed by atoms with Crippen molar-refractivity contribution in [1.29, 1.82) is 0 Å². The molecular weight excluding hydrogens is 246 g/mol. The van der Waals surface area contributed by atoms with Crippen LogP contribution in [0.25, 0.3) is 0 Å². The van der Waals surface area contributed by atoms with Crippen LogP contribution in [0.15, 0.2) is 48.5 Å². The molecule has 2 aromatic rings. The minimum absolute atomic E-state index is 0.0845. The van der Waals surface area contributed by atoms with Crippen molar-refractivity contribution in [2.45, 2.75) is 13.2 Å². The average molecular weight is 262 g/mol. The molecule has 0 spiro atoms. The van der Waals surface area contributed by atoms with Crippen molar-refractivity contribution in [2.75, 3.05) is 11.9 Å². The van der Waals surface area contributed by atoms with Gasteiger partial charge in [-0.25, -0.2) is 0 Å². The van der Waals surface area contributed by atoms with E-state index in [2.05, 4.69) is 4.90 Å². The Bertz CT molecular complexity index is 493. The largest absolute Gasteiger partial charge is 0.392 e. The van der Waals surface area contributed by atoms with Crippen LogP contribution in [0.1, 0.15) is 11.1 Å². The zero-order valence-electron chi connectivity index (χ0n) is 10.3. The Balaban J connectivity index is 2.06. The third kappa shape index (κ3) is 3.25. The lowest BCUT2D eigenvalue weighted by Crippen LogP contribution is -2.16. The highest BCUT2D eigenvalue weighted by Gasteiger charge is 2.02. The molecule has 0 aliphatic heterocycles. The predicted molar refractivity (Wildman–Crippen MR) is 75.9 cm³/mol. The highest BCUT2D eigenvalue weighted by Crippen LogP contribution is 2.17. The zero-order chi connectivity index (χ0) is 13.0. The molecule has 0 aliphatic carbocycles. The van der Waals surface area contributed by atoms with E-state index in [1.807, 2.05) is 55.6 Å². The van der Waals surface area contributed by atoms with Gasteiger partial charge in [0.25, 0.3) is 0 Å². The number of benzene rings is 2. The van der Waals surface area contributed by atoms with E-state index in [4.69, 9.17) is 16.7 Å². The first-order valence-corrected chi connectivity index (χ1v) is 6.22. The third-order valence-electron chi connectivity index (χ3n) is 2.89. The molecule has 2 aromatic carbocycles. The van der Waals surface area contributed by atoms with Crippen LogP contribution >= 0.6 is 11.6 Å². The molecular formula is C15H16ClNO. The molecule has 2 rings (SSSR count). The Kier molecular flexibility index (Phi) is 4.24. The number of aliphatic hydroxyl groups is 1. The quantitative estimate of drug-likeness (QED) is 0.911. The summed E-state index contributed by atoms with van der Waals surface area (Å²) in [6.07, 6.45) is 0. The van der Waals surface area contributed by atoms with E-state index in [9.17, 15) is 0 Å². The molecule has 0 saturated heterocycles. The van der Waals surface area contributed by atoms with Gasteiger partial charge in [0.15, 0.2) is 0 Å². The predicted octanol–water partition coefficient (Wildman–Crippen LogP) is 3.47. The highest BCUT2D eigenvalue weighted by molar-refractivity contribution is 6.30. The second-order valence-corrected chi connectivity index (χ2v) is 4.74. The summed E-state index contributed by atoms with van der Waals surface area (Å²) in [7, 11) is 2.04. The van der Waals surface area contributed by atoms with Gasteiger partial charge in [-0.3, -0.25) is 0 Å². The SMILES string of the molecule is CN(Cc1ccc(Cl)cc1)c1ccc(CO)cc1. The van der Waals surface area contributed by atoms with Crippen LogP contribution < -0.4 is 4.90 Å². The number of hydrogen-bond acceptors (Lipinski definition) is 2. The van der Waals surface area contributed by atoms with Crippen molar-refractivity contribution in [3.8, 4) is 0 Å². The van der Waals surface area contributed by atoms with Crippen LogP contribution in [0.3, 0.4) is 0 Å². The number of anilines is 1. The Morgan fingerprint density at radius 3 is 2.06 bits per heavy atom. The van der Waals surface area contributed by atoms with Crippen LogP contribution in [0.4, 0.5) is 5.69 Å². The fourth-order valence-electron chi connectivity index (χ4n) is 1.81. The molecule has 0 atom stereocenters. The molecule has 0 saturated carbocycles. The number of rotatable bonds is 4. The molecule has 1 N–H and O–H groups in total.